The fourth-order valence-electron chi connectivity index (χ4n) is 2.63. The zero-order chi connectivity index (χ0) is 18.1. The van der Waals surface area contributed by atoms with Crippen molar-refractivity contribution in [2.24, 2.45) is 0 Å². The van der Waals surface area contributed by atoms with Crippen molar-refractivity contribution < 1.29 is 14.6 Å². The van der Waals surface area contributed by atoms with Crippen molar-refractivity contribution in [1.82, 2.24) is 0 Å². The summed E-state index contributed by atoms with van der Waals surface area (Å²) in [5.74, 6) is -0.0405. The summed E-state index contributed by atoms with van der Waals surface area (Å²) in [6.45, 7) is 4.61. The number of hydrogen-bond acceptors (Lipinski definition) is 2. The molecule has 0 fully saturated rings. The highest BCUT2D eigenvalue weighted by molar-refractivity contribution is 5.92. The molecule has 2 aromatic rings. The zero-order valence-corrected chi connectivity index (χ0v) is 15.0. The topological polar surface area (TPSA) is 46.5 Å². The molecular formula is C22H26O3. The largest absolute Gasteiger partial charge is 0.489 e. The molecule has 0 bridgehead atoms. The van der Waals surface area contributed by atoms with Gasteiger partial charge in [0, 0.05) is 5.57 Å². The number of unbranched alkanes of at least 4 members (excludes halogenated alkanes) is 2. The van der Waals surface area contributed by atoms with Gasteiger partial charge in [-0.3, -0.25) is 0 Å². The maximum absolute atomic E-state index is 11.4. The summed E-state index contributed by atoms with van der Waals surface area (Å²) in [7, 11) is 0. The Balaban J connectivity index is 2.06. The van der Waals surface area contributed by atoms with E-state index in [1.807, 2.05) is 55.5 Å². The van der Waals surface area contributed by atoms with Crippen LogP contribution in [0.5, 0.6) is 5.75 Å². The molecular weight excluding hydrogens is 312 g/mol. The minimum absolute atomic E-state index is 0.467. The predicted octanol–water partition coefficient (Wildman–Crippen LogP) is 5.62. The molecule has 3 heteroatoms. The highest BCUT2D eigenvalue weighted by atomic mass is 16.5. The van der Waals surface area contributed by atoms with Crippen molar-refractivity contribution in [3.63, 3.8) is 0 Å². The van der Waals surface area contributed by atoms with Crippen molar-refractivity contribution in [3.8, 4) is 5.75 Å². The van der Waals surface area contributed by atoms with Gasteiger partial charge in [0.25, 0.3) is 0 Å². The number of carbonyl (C=O) groups is 1. The summed E-state index contributed by atoms with van der Waals surface area (Å²) in [6.07, 6.45) is 5.43. The molecule has 0 aromatic heterocycles. The molecule has 0 atom stereocenters. The molecule has 2 rings (SSSR count). The standard InChI is InChI=1S/C22H26O3/c1-3-4-6-11-20(22(23)24)15-19-12-13-21(14-17(19)2)25-16-18-9-7-5-8-10-18/h5,7-10,12-15H,3-4,6,11,16H2,1-2H3,(H,23,24)/b20-15+. The van der Waals surface area contributed by atoms with E-state index in [0.717, 1.165) is 41.7 Å². The van der Waals surface area contributed by atoms with Gasteiger partial charge in [-0.2, -0.15) is 0 Å². The monoisotopic (exact) mass is 338 g/mol. The van der Waals surface area contributed by atoms with Crippen molar-refractivity contribution in [1.29, 1.82) is 0 Å². The molecule has 0 saturated heterocycles. The van der Waals surface area contributed by atoms with Crippen molar-refractivity contribution in [2.45, 2.75) is 46.1 Å². The predicted molar refractivity (Wildman–Crippen MR) is 102 cm³/mol. The molecule has 0 radical (unpaired) electrons. The SMILES string of the molecule is CCCCC/C(=C\c1ccc(OCc2ccccc2)cc1C)C(=O)O. The second-order valence-corrected chi connectivity index (χ2v) is 6.22. The first-order chi connectivity index (χ1) is 12.1. The zero-order valence-electron chi connectivity index (χ0n) is 15.0. The lowest BCUT2D eigenvalue weighted by atomic mass is 10.0. The minimum atomic E-state index is -0.833. The van der Waals surface area contributed by atoms with Crippen LogP contribution in [0.15, 0.2) is 54.1 Å². The molecule has 0 aliphatic heterocycles. The van der Waals surface area contributed by atoms with Crippen molar-refractivity contribution in [3.05, 3.63) is 70.8 Å². The van der Waals surface area contributed by atoms with Crippen LogP contribution in [-0.2, 0) is 11.4 Å². The van der Waals surface area contributed by atoms with Crippen molar-refractivity contribution >= 4 is 12.0 Å². The third-order valence-electron chi connectivity index (χ3n) is 4.14. The molecule has 2 aromatic carbocycles. The third-order valence-corrected chi connectivity index (χ3v) is 4.14. The number of carboxylic acids is 1. The van der Waals surface area contributed by atoms with E-state index in [0.29, 0.717) is 18.6 Å². The Morgan fingerprint density at radius 2 is 1.88 bits per heavy atom. The van der Waals surface area contributed by atoms with Crippen LogP contribution in [0.3, 0.4) is 0 Å². The molecule has 0 unspecified atom stereocenters. The number of rotatable bonds is 9. The van der Waals surface area contributed by atoms with Gasteiger partial charge in [-0.1, -0.05) is 56.2 Å². The summed E-state index contributed by atoms with van der Waals surface area (Å²) >= 11 is 0. The smallest absolute Gasteiger partial charge is 0.331 e. The summed E-state index contributed by atoms with van der Waals surface area (Å²) in [6, 6.07) is 15.8. The lowest BCUT2D eigenvalue weighted by molar-refractivity contribution is -0.132. The molecule has 1 N–H and O–H groups in total. The van der Waals surface area contributed by atoms with Gasteiger partial charge in [-0.25, -0.2) is 4.79 Å². The van der Waals surface area contributed by atoms with E-state index in [2.05, 4.69) is 6.92 Å². The summed E-state index contributed by atoms with van der Waals surface area (Å²) < 4.78 is 5.82. The summed E-state index contributed by atoms with van der Waals surface area (Å²) in [5, 5.41) is 9.40. The average Bonchev–Trinajstić information content (AvgIpc) is 2.61. The molecule has 0 saturated carbocycles. The first-order valence-electron chi connectivity index (χ1n) is 8.81. The Labute approximate surface area is 150 Å². The van der Waals surface area contributed by atoms with Crippen LogP contribution in [0.4, 0.5) is 0 Å². The molecule has 0 aliphatic carbocycles. The van der Waals surface area contributed by atoms with Gasteiger partial charge in [0.05, 0.1) is 0 Å². The average molecular weight is 338 g/mol. The molecule has 0 aliphatic rings. The van der Waals surface area contributed by atoms with Gasteiger partial charge in [0.2, 0.25) is 0 Å². The van der Waals surface area contributed by atoms with Gasteiger partial charge in [-0.05, 0) is 54.7 Å². The van der Waals surface area contributed by atoms with E-state index in [1.54, 1.807) is 6.08 Å². The Kier molecular flexibility index (Phi) is 7.27. The fraction of sp³-hybridized carbons (Fsp3) is 0.318. The number of aliphatic carboxylic acids is 1. The van der Waals surface area contributed by atoms with E-state index in [4.69, 9.17) is 4.74 Å². The Morgan fingerprint density at radius 3 is 2.52 bits per heavy atom. The summed E-state index contributed by atoms with van der Waals surface area (Å²) in [5.41, 5.74) is 3.53. The lowest BCUT2D eigenvalue weighted by Crippen LogP contribution is -2.01. The van der Waals surface area contributed by atoms with Crippen LogP contribution in [0.25, 0.3) is 6.08 Å². The van der Waals surface area contributed by atoms with Gasteiger partial charge < -0.3 is 9.84 Å². The van der Waals surface area contributed by atoms with Crippen LogP contribution >= 0.6 is 0 Å². The Bertz CT molecular complexity index is 717. The molecule has 0 amide bonds. The first kappa shape index (κ1) is 18.8. The number of aryl methyl sites for hydroxylation is 1. The van der Waals surface area contributed by atoms with Gasteiger partial charge in [-0.15, -0.1) is 0 Å². The molecule has 0 spiro atoms. The minimum Gasteiger partial charge on any atom is -0.489 e. The molecule has 132 valence electrons. The van der Waals surface area contributed by atoms with E-state index in [9.17, 15) is 9.90 Å². The fourth-order valence-corrected chi connectivity index (χ4v) is 2.63. The number of benzene rings is 2. The summed E-state index contributed by atoms with van der Waals surface area (Å²) in [4.78, 5) is 11.4. The number of ether oxygens (including phenoxy) is 1. The van der Waals surface area contributed by atoms with E-state index < -0.39 is 5.97 Å². The van der Waals surface area contributed by atoms with Crippen molar-refractivity contribution in [2.75, 3.05) is 0 Å². The second-order valence-electron chi connectivity index (χ2n) is 6.22. The number of carboxylic acid groups (broad SMARTS) is 1. The second kappa shape index (κ2) is 9.67. The van der Waals surface area contributed by atoms with Gasteiger partial charge >= 0.3 is 5.97 Å². The van der Waals surface area contributed by atoms with E-state index in [-0.39, 0.29) is 0 Å². The highest BCUT2D eigenvalue weighted by Gasteiger charge is 2.08. The van der Waals surface area contributed by atoms with Gasteiger partial charge in [0.15, 0.2) is 0 Å². The Morgan fingerprint density at radius 1 is 1.12 bits per heavy atom. The quantitative estimate of drug-likeness (QED) is 0.476. The van der Waals surface area contributed by atoms with Crippen LogP contribution < -0.4 is 4.74 Å². The Hall–Kier alpha value is -2.55. The normalized spacial score (nSPS) is 11.4. The lowest BCUT2D eigenvalue weighted by Gasteiger charge is -2.09. The maximum Gasteiger partial charge on any atom is 0.331 e. The van der Waals surface area contributed by atoms with E-state index in [1.165, 1.54) is 0 Å². The van der Waals surface area contributed by atoms with Crippen LogP contribution in [0.1, 0.15) is 49.3 Å². The number of hydrogen-bond donors (Lipinski definition) is 1. The van der Waals surface area contributed by atoms with Crippen LogP contribution in [0.2, 0.25) is 0 Å². The first-order valence-corrected chi connectivity index (χ1v) is 8.81. The highest BCUT2D eigenvalue weighted by Crippen LogP contribution is 2.22. The van der Waals surface area contributed by atoms with Crippen LogP contribution in [-0.4, -0.2) is 11.1 Å². The third kappa shape index (κ3) is 6.11. The molecule has 0 heterocycles. The molecule has 3 nitrogen and oxygen atoms in total. The van der Waals surface area contributed by atoms with E-state index >= 15 is 0 Å². The van der Waals surface area contributed by atoms with Crippen LogP contribution in [0, 0.1) is 6.92 Å². The maximum atomic E-state index is 11.4. The molecule has 25 heavy (non-hydrogen) atoms. The van der Waals surface area contributed by atoms with Gasteiger partial charge in [0.1, 0.15) is 12.4 Å².